The molecule has 0 bridgehead atoms. The Morgan fingerprint density at radius 1 is 1.08 bits per heavy atom. The molecular weight excluding hydrogens is 523 g/mol. The number of alkyl halides is 2. The van der Waals surface area contributed by atoms with Crippen molar-refractivity contribution in [2.75, 3.05) is 7.11 Å². The van der Waals surface area contributed by atoms with Gasteiger partial charge in [-0.05, 0) is 48.3 Å². The molecule has 1 atom stereocenters. The lowest BCUT2D eigenvalue weighted by Gasteiger charge is -2.25. The van der Waals surface area contributed by atoms with Crippen LogP contribution in [0.25, 0.3) is 0 Å². The Bertz CT molecular complexity index is 1200. The van der Waals surface area contributed by atoms with Gasteiger partial charge in [-0.3, -0.25) is 14.5 Å². The zero-order chi connectivity index (χ0) is 26.4. The molecule has 1 heterocycles. The number of carbonyl (C=O) groups excluding carboxylic acids is 1. The number of esters is 1. The summed E-state index contributed by atoms with van der Waals surface area (Å²) in [6, 6.07) is 14.9. The average Bonchev–Trinajstić information content (AvgIpc) is 3.72. The highest BCUT2D eigenvalue weighted by Crippen LogP contribution is 2.48. The van der Waals surface area contributed by atoms with Crippen molar-refractivity contribution in [1.82, 2.24) is 4.98 Å². The number of aryl methyl sites for hydroxylation is 1. The number of nitrogens with zero attached hydrogens (tertiary/aromatic N) is 1. The predicted octanol–water partition coefficient (Wildman–Crippen LogP) is 7.69. The van der Waals surface area contributed by atoms with Crippen LogP contribution in [0.2, 0.25) is 10.0 Å². The molecule has 0 aliphatic heterocycles. The van der Waals surface area contributed by atoms with Gasteiger partial charge in [0.1, 0.15) is 11.9 Å². The second kappa shape index (κ2) is 12.2. The Morgan fingerprint density at radius 2 is 1.78 bits per heavy atom. The normalized spacial score (nSPS) is 14.3. The number of benzene rings is 2. The Labute approximate surface area is 224 Å². The second-order valence-electron chi connectivity index (χ2n) is 8.91. The van der Waals surface area contributed by atoms with Crippen LogP contribution in [0.5, 0.6) is 5.75 Å². The fraction of sp³-hybridized carbons (Fsp3) is 0.357. The molecule has 0 amide bonds. The van der Waals surface area contributed by atoms with Gasteiger partial charge in [0.25, 0.3) is 0 Å². The third-order valence-corrected chi connectivity index (χ3v) is 6.85. The highest BCUT2D eigenvalue weighted by molar-refractivity contribution is 6.35. The molecule has 0 N–H and O–H groups in total. The van der Waals surface area contributed by atoms with Crippen molar-refractivity contribution in [3.8, 4) is 5.75 Å². The lowest BCUT2D eigenvalue weighted by molar-refractivity contribution is -0.342. The summed E-state index contributed by atoms with van der Waals surface area (Å²) in [7, 11) is 0.861. The maximum absolute atomic E-state index is 14.3. The zero-order valence-corrected chi connectivity index (χ0v) is 21.8. The summed E-state index contributed by atoms with van der Waals surface area (Å²) in [5.74, 6) is -0.443. The number of carbonyl (C=O) groups is 1. The number of methoxy groups -OCH3 is 1. The van der Waals surface area contributed by atoms with Crippen molar-refractivity contribution in [3.63, 3.8) is 0 Å². The summed E-state index contributed by atoms with van der Waals surface area (Å²) in [5.41, 5.74) is 2.51. The van der Waals surface area contributed by atoms with E-state index in [2.05, 4.69) is 9.72 Å². The SMILES string of the molecule is COC(F)(F)Oc1c(C2CC2)cccc1C(Cc1c(Cl)cncc1Cl)OC(=O)CCCc1ccccc1. The molecule has 9 heteroatoms. The van der Waals surface area contributed by atoms with E-state index in [-0.39, 0.29) is 34.6 Å². The van der Waals surface area contributed by atoms with Gasteiger partial charge in [-0.1, -0.05) is 71.7 Å². The van der Waals surface area contributed by atoms with Gasteiger partial charge in [0.2, 0.25) is 0 Å². The van der Waals surface area contributed by atoms with E-state index in [0.717, 1.165) is 25.5 Å². The molecular formula is C28H27Cl2F2NO4. The Morgan fingerprint density at radius 3 is 2.43 bits per heavy atom. The minimum Gasteiger partial charge on any atom is -0.457 e. The van der Waals surface area contributed by atoms with Gasteiger partial charge >= 0.3 is 12.3 Å². The number of aromatic nitrogens is 1. The molecule has 2 aromatic carbocycles. The number of pyridine rings is 1. The number of rotatable bonds is 12. The minimum atomic E-state index is -3.87. The van der Waals surface area contributed by atoms with Gasteiger partial charge in [0, 0.05) is 37.9 Å². The molecule has 1 fully saturated rings. The van der Waals surface area contributed by atoms with Crippen molar-refractivity contribution in [2.45, 2.75) is 56.8 Å². The van der Waals surface area contributed by atoms with Crippen LogP contribution in [0, 0.1) is 0 Å². The molecule has 1 unspecified atom stereocenters. The monoisotopic (exact) mass is 549 g/mol. The van der Waals surface area contributed by atoms with Crippen LogP contribution in [-0.2, 0) is 27.1 Å². The van der Waals surface area contributed by atoms with Gasteiger partial charge in [0.15, 0.2) is 0 Å². The molecule has 0 radical (unpaired) electrons. The van der Waals surface area contributed by atoms with E-state index in [0.29, 0.717) is 29.5 Å². The van der Waals surface area contributed by atoms with Crippen molar-refractivity contribution in [2.24, 2.45) is 0 Å². The maximum Gasteiger partial charge on any atom is 0.535 e. The first-order valence-corrected chi connectivity index (χ1v) is 12.8. The Kier molecular flexibility index (Phi) is 9.00. The van der Waals surface area contributed by atoms with Gasteiger partial charge in [-0.15, -0.1) is 8.78 Å². The van der Waals surface area contributed by atoms with Crippen molar-refractivity contribution < 1.29 is 27.8 Å². The fourth-order valence-electron chi connectivity index (χ4n) is 4.15. The third kappa shape index (κ3) is 7.40. The number of para-hydroxylation sites is 1. The zero-order valence-electron chi connectivity index (χ0n) is 20.3. The van der Waals surface area contributed by atoms with Crippen molar-refractivity contribution >= 4 is 29.2 Å². The minimum absolute atomic E-state index is 0.0493. The highest BCUT2D eigenvalue weighted by Gasteiger charge is 2.38. The number of ether oxygens (including phenoxy) is 3. The second-order valence-corrected chi connectivity index (χ2v) is 9.73. The largest absolute Gasteiger partial charge is 0.535 e. The molecule has 1 aliphatic rings. The van der Waals surface area contributed by atoms with Gasteiger partial charge < -0.3 is 9.47 Å². The van der Waals surface area contributed by atoms with Crippen molar-refractivity contribution in [1.29, 1.82) is 0 Å². The van der Waals surface area contributed by atoms with E-state index in [1.807, 2.05) is 30.3 Å². The predicted molar refractivity (Wildman–Crippen MR) is 137 cm³/mol. The molecule has 5 nitrogen and oxygen atoms in total. The van der Waals surface area contributed by atoms with Crippen LogP contribution in [0.3, 0.4) is 0 Å². The molecule has 0 saturated heterocycles. The van der Waals surface area contributed by atoms with Crippen LogP contribution in [0.4, 0.5) is 8.78 Å². The fourth-order valence-corrected chi connectivity index (χ4v) is 4.67. The quantitative estimate of drug-likeness (QED) is 0.171. The first kappa shape index (κ1) is 27.3. The lowest BCUT2D eigenvalue weighted by atomic mass is 9.96. The standard InChI is InChI=1S/C28H27Cl2F2NO4/c1-35-28(31,32)37-27-20(19-13-14-19)10-6-11-21(27)25(15-22-23(29)16-33-17-24(22)30)36-26(34)12-5-9-18-7-3-2-4-8-18/h2-4,6-8,10-11,16-17,19,25H,5,9,12-15H2,1H3. The summed E-state index contributed by atoms with van der Waals surface area (Å²) >= 11 is 12.7. The Hall–Kier alpha value is -2.74. The van der Waals surface area contributed by atoms with Crippen molar-refractivity contribution in [3.05, 3.63) is 93.2 Å². The van der Waals surface area contributed by atoms with Gasteiger partial charge in [0.05, 0.1) is 10.0 Å². The van der Waals surface area contributed by atoms with Crippen LogP contribution < -0.4 is 4.74 Å². The summed E-state index contributed by atoms with van der Waals surface area (Å²) in [4.78, 5) is 16.9. The first-order valence-electron chi connectivity index (χ1n) is 12.0. The smallest absolute Gasteiger partial charge is 0.457 e. The third-order valence-electron chi connectivity index (χ3n) is 6.20. The lowest BCUT2D eigenvalue weighted by Crippen LogP contribution is -2.28. The van der Waals surface area contributed by atoms with E-state index in [4.69, 9.17) is 32.7 Å². The summed E-state index contributed by atoms with van der Waals surface area (Å²) in [6.07, 6.45) is 1.18. The van der Waals surface area contributed by atoms with Crippen LogP contribution >= 0.6 is 23.2 Å². The molecule has 3 aromatic rings. The molecule has 196 valence electrons. The molecule has 1 aromatic heterocycles. The topological polar surface area (TPSA) is 57.6 Å². The van der Waals surface area contributed by atoms with Gasteiger partial charge in [-0.25, -0.2) is 0 Å². The number of halogens is 4. The first-order chi connectivity index (χ1) is 17.8. The number of hydrogen-bond donors (Lipinski definition) is 0. The Balaban J connectivity index is 1.63. The van der Waals surface area contributed by atoms with E-state index in [1.54, 1.807) is 18.2 Å². The molecule has 37 heavy (non-hydrogen) atoms. The van der Waals surface area contributed by atoms with E-state index in [9.17, 15) is 13.6 Å². The van der Waals surface area contributed by atoms with E-state index < -0.39 is 18.4 Å². The number of hydrogen-bond acceptors (Lipinski definition) is 5. The summed E-state index contributed by atoms with van der Waals surface area (Å²) < 4.78 is 43.8. The van der Waals surface area contributed by atoms with Crippen LogP contribution in [0.1, 0.15) is 60.0 Å². The van der Waals surface area contributed by atoms with E-state index in [1.165, 1.54) is 12.4 Å². The van der Waals surface area contributed by atoms with Crippen LogP contribution in [-0.4, -0.2) is 24.4 Å². The maximum atomic E-state index is 14.3. The summed E-state index contributed by atoms with van der Waals surface area (Å²) in [6.45, 7) is 0. The summed E-state index contributed by atoms with van der Waals surface area (Å²) in [5, 5.41) is 0.557. The highest BCUT2D eigenvalue weighted by atomic mass is 35.5. The molecule has 0 spiro atoms. The molecule has 1 aliphatic carbocycles. The van der Waals surface area contributed by atoms with E-state index >= 15 is 0 Å². The molecule has 4 rings (SSSR count). The van der Waals surface area contributed by atoms with Crippen LogP contribution in [0.15, 0.2) is 60.9 Å². The van der Waals surface area contributed by atoms with Gasteiger partial charge in [-0.2, -0.15) is 0 Å². The average molecular weight is 550 g/mol. The molecule has 1 saturated carbocycles.